The maximum absolute atomic E-state index is 6.01. The summed E-state index contributed by atoms with van der Waals surface area (Å²) in [5, 5.41) is 8.39. The van der Waals surface area contributed by atoms with E-state index in [9.17, 15) is 0 Å². The average Bonchev–Trinajstić information content (AvgIpc) is 3.11. The normalized spacial score (nSPS) is 11.9. The molecule has 3 aromatic rings. The molecule has 0 aliphatic heterocycles. The van der Waals surface area contributed by atoms with E-state index in [1.807, 2.05) is 49.7 Å². The number of rotatable bonds is 5. The van der Waals surface area contributed by atoms with Crippen LogP contribution in [0.5, 0.6) is 0 Å². The van der Waals surface area contributed by atoms with E-state index in [2.05, 4.69) is 25.6 Å². The van der Waals surface area contributed by atoms with Gasteiger partial charge in [-0.25, -0.2) is 15.0 Å². The summed E-state index contributed by atoms with van der Waals surface area (Å²) >= 11 is 7.72. The topological polar surface area (TPSA) is 66.6 Å². The third-order valence-electron chi connectivity index (χ3n) is 3.62. The second kappa shape index (κ2) is 7.84. The Morgan fingerprint density at radius 2 is 2.08 bits per heavy atom. The molecule has 0 radical (unpaired) electrons. The van der Waals surface area contributed by atoms with Gasteiger partial charge in [0.2, 0.25) is 0 Å². The van der Waals surface area contributed by atoms with Crippen molar-refractivity contribution in [1.82, 2.24) is 25.0 Å². The lowest BCUT2D eigenvalue weighted by molar-refractivity contribution is 0.816. The zero-order valence-corrected chi connectivity index (χ0v) is 16.1. The molecule has 0 unspecified atom stereocenters. The monoisotopic (exact) mass is 376 g/mol. The number of nitrogens with one attached hydrogen (secondary N) is 2. The zero-order chi connectivity index (χ0) is 17.8. The van der Waals surface area contributed by atoms with Crippen molar-refractivity contribution in [3.05, 3.63) is 50.8 Å². The molecule has 3 heterocycles. The van der Waals surface area contributed by atoms with E-state index >= 15 is 0 Å². The summed E-state index contributed by atoms with van der Waals surface area (Å²) in [4.78, 5) is 14.9. The second-order valence-corrected chi connectivity index (χ2v) is 7.36. The first-order valence-electron chi connectivity index (χ1n) is 8.13. The van der Waals surface area contributed by atoms with Gasteiger partial charge in [-0.15, -0.1) is 11.3 Å². The number of pyridine rings is 1. The van der Waals surface area contributed by atoms with Crippen LogP contribution >= 0.6 is 22.9 Å². The Kier molecular flexibility index (Phi) is 5.55. The molecule has 0 spiro atoms. The number of hydrogen-bond acceptors (Lipinski definition) is 4. The highest BCUT2D eigenvalue weighted by atomic mass is 35.5. The molecule has 132 valence electrons. The molecule has 0 fully saturated rings. The molecule has 6 nitrogen and oxygen atoms in total. The standard InChI is InChI=1S/C17H21ClN6S/c1-4-19-17(21-8-15-11(2)22-12(3)25-15)20-7-14-10-24-9-13(18)5-6-16(24)23-14/h5-6,9-10H,4,7-8H2,1-3H3,(H2,19,20,21). The van der Waals surface area contributed by atoms with Gasteiger partial charge in [-0.3, -0.25) is 0 Å². The quantitative estimate of drug-likeness (QED) is 0.529. The number of fused-ring (bicyclic) bond motifs is 1. The van der Waals surface area contributed by atoms with Gasteiger partial charge in [-0.05, 0) is 32.9 Å². The van der Waals surface area contributed by atoms with Crippen molar-refractivity contribution in [3.8, 4) is 0 Å². The van der Waals surface area contributed by atoms with E-state index < -0.39 is 0 Å². The Morgan fingerprint density at radius 1 is 1.24 bits per heavy atom. The van der Waals surface area contributed by atoms with Crippen molar-refractivity contribution in [2.24, 2.45) is 4.99 Å². The van der Waals surface area contributed by atoms with Crippen molar-refractivity contribution >= 4 is 34.5 Å². The highest BCUT2D eigenvalue weighted by Gasteiger charge is 2.06. The predicted molar refractivity (Wildman–Crippen MR) is 103 cm³/mol. The molecule has 0 saturated heterocycles. The van der Waals surface area contributed by atoms with Gasteiger partial charge in [0.25, 0.3) is 0 Å². The predicted octanol–water partition coefficient (Wildman–Crippen LogP) is 3.32. The minimum Gasteiger partial charge on any atom is -0.357 e. The Hall–Kier alpha value is -2.12. The summed E-state index contributed by atoms with van der Waals surface area (Å²) in [7, 11) is 0. The third kappa shape index (κ3) is 4.49. The molecule has 0 aliphatic rings. The van der Waals surface area contributed by atoms with Crippen LogP contribution in [-0.4, -0.2) is 26.9 Å². The van der Waals surface area contributed by atoms with E-state index in [-0.39, 0.29) is 0 Å². The van der Waals surface area contributed by atoms with Crippen LogP contribution in [0.15, 0.2) is 29.5 Å². The molecule has 8 heteroatoms. The smallest absolute Gasteiger partial charge is 0.191 e. The van der Waals surface area contributed by atoms with E-state index in [0.29, 0.717) is 18.1 Å². The molecule has 0 bridgehead atoms. The Labute approximate surface area is 156 Å². The zero-order valence-electron chi connectivity index (χ0n) is 14.5. The number of hydrogen-bond donors (Lipinski definition) is 2. The number of thiazole rings is 1. The van der Waals surface area contributed by atoms with Crippen LogP contribution in [0.25, 0.3) is 5.65 Å². The van der Waals surface area contributed by atoms with E-state index in [1.54, 1.807) is 11.3 Å². The molecule has 3 aromatic heterocycles. The van der Waals surface area contributed by atoms with E-state index in [4.69, 9.17) is 11.6 Å². The number of imidazole rings is 1. The molecule has 0 atom stereocenters. The minimum absolute atomic E-state index is 0.495. The molecule has 2 N–H and O–H groups in total. The van der Waals surface area contributed by atoms with Gasteiger partial charge < -0.3 is 15.0 Å². The third-order valence-corrected chi connectivity index (χ3v) is 4.92. The van der Waals surface area contributed by atoms with Gasteiger partial charge in [-0.2, -0.15) is 0 Å². The number of aromatic nitrogens is 3. The molecule has 0 amide bonds. The maximum atomic E-state index is 6.01. The maximum Gasteiger partial charge on any atom is 0.191 e. The van der Waals surface area contributed by atoms with Crippen molar-refractivity contribution in [2.45, 2.75) is 33.9 Å². The second-order valence-electron chi connectivity index (χ2n) is 5.64. The van der Waals surface area contributed by atoms with E-state index in [0.717, 1.165) is 34.5 Å². The summed E-state index contributed by atoms with van der Waals surface area (Å²) in [5.41, 5.74) is 2.83. The van der Waals surface area contributed by atoms with Crippen LogP contribution in [0.4, 0.5) is 0 Å². The first kappa shape index (κ1) is 17.7. The lowest BCUT2D eigenvalue weighted by Crippen LogP contribution is -2.36. The number of halogens is 1. The van der Waals surface area contributed by atoms with Gasteiger partial charge in [-0.1, -0.05) is 11.6 Å². The van der Waals surface area contributed by atoms with Crippen LogP contribution in [0.1, 0.15) is 28.2 Å². The lowest BCUT2D eigenvalue weighted by atomic mass is 10.4. The van der Waals surface area contributed by atoms with Crippen LogP contribution in [0.2, 0.25) is 5.02 Å². The van der Waals surface area contributed by atoms with Crippen molar-refractivity contribution in [2.75, 3.05) is 6.54 Å². The van der Waals surface area contributed by atoms with Crippen LogP contribution in [-0.2, 0) is 13.1 Å². The molecule has 0 aliphatic carbocycles. The molecular formula is C17H21ClN6S. The van der Waals surface area contributed by atoms with Crippen molar-refractivity contribution in [3.63, 3.8) is 0 Å². The molecular weight excluding hydrogens is 356 g/mol. The summed E-state index contributed by atoms with van der Waals surface area (Å²) in [6, 6.07) is 3.73. The van der Waals surface area contributed by atoms with Gasteiger partial charge in [0, 0.05) is 23.8 Å². The van der Waals surface area contributed by atoms with E-state index in [1.165, 1.54) is 4.88 Å². The summed E-state index contributed by atoms with van der Waals surface area (Å²) in [6.07, 6.45) is 3.79. The fourth-order valence-electron chi connectivity index (χ4n) is 2.50. The van der Waals surface area contributed by atoms with Crippen molar-refractivity contribution < 1.29 is 0 Å². The average molecular weight is 377 g/mol. The lowest BCUT2D eigenvalue weighted by Gasteiger charge is -2.10. The number of aliphatic imine (C=N–C) groups is 1. The Morgan fingerprint density at radius 3 is 2.80 bits per heavy atom. The molecule has 0 saturated carbocycles. The minimum atomic E-state index is 0.495. The van der Waals surface area contributed by atoms with Gasteiger partial charge >= 0.3 is 0 Å². The van der Waals surface area contributed by atoms with Crippen LogP contribution < -0.4 is 10.6 Å². The SMILES string of the molecule is CCNC(=NCc1cn2cc(Cl)ccc2n1)NCc1sc(C)nc1C. The number of nitrogens with zero attached hydrogens (tertiary/aromatic N) is 4. The van der Waals surface area contributed by atoms with Gasteiger partial charge in [0.15, 0.2) is 5.96 Å². The number of aryl methyl sites for hydroxylation is 2. The molecule has 0 aromatic carbocycles. The highest BCUT2D eigenvalue weighted by molar-refractivity contribution is 7.11. The highest BCUT2D eigenvalue weighted by Crippen LogP contribution is 2.16. The Bertz CT molecular complexity index is 898. The van der Waals surface area contributed by atoms with Crippen LogP contribution in [0.3, 0.4) is 0 Å². The first-order chi connectivity index (χ1) is 12.0. The Balaban J connectivity index is 1.69. The number of guanidine groups is 1. The summed E-state index contributed by atoms with van der Waals surface area (Å²) in [5.74, 6) is 0.767. The fraction of sp³-hybridized carbons (Fsp3) is 0.353. The fourth-order valence-corrected chi connectivity index (χ4v) is 3.54. The molecule has 25 heavy (non-hydrogen) atoms. The summed E-state index contributed by atoms with van der Waals surface area (Å²) in [6.45, 7) is 8.11. The van der Waals surface area contributed by atoms with Gasteiger partial charge in [0.05, 0.1) is 34.5 Å². The molecule has 3 rings (SSSR count). The van der Waals surface area contributed by atoms with Crippen molar-refractivity contribution in [1.29, 1.82) is 0 Å². The van der Waals surface area contributed by atoms with Gasteiger partial charge in [0.1, 0.15) is 5.65 Å². The van der Waals surface area contributed by atoms with Crippen LogP contribution in [0, 0.1) is 13.8 Å². The first-order valence-corrected chi connectivity index (χ1v) is 9.33. The summed E-state index contributed by atoms with van der Waals surface area (Å²) < 4.78 is 1.91. The largest absolute Gasteiger partial charge is 0.357 e.